The van der Waals surface area contributed by atoms with Crippen LogP contribution in [0.1, 0.15) is 22.3 Å². The lowest BCUT2D eigenvalue weighted by Crippen LogP contribution is -2.28. The molecule has 2 aromatic heterocycles. The number of rotatable bonds is 8. The third-order valence-corrected chi connectivity index (χ3v) is 12.8. The molecule has 0 fully saturated rings. The van der Waals surface area contributed by atoms with Crippen molar-refractivity contribution in [3.05, 3.63) is 265 Å². The molecule has 12 rings (SSSR count). The Kier molecular flexibility index (Phi) is 8.68. The average Bonchev–Trinajstić information content (AvgIpc) is 3.86. The summed E-state index contributed by atoms with van der Waals surface area (Å²) >= 11 is 0. The van der Waals surface area contributed by atoms with Crippen molar-refractivity contribution in [2.45, 2.75) is 5.41 Å². The van der Waals surface area contributed by atoms with Gasteiger partial charge in [-0.05, 0) is 105 Å². The average molecular weight is 805 g/mol. The van der Waals surface area contributed by atoms with Crippen LogP contribution in [-0.2, 0) is 5.41 Å². The van der Waals surface area contributed by atoms with Gasteiger partial charge in [-0.25, -0.2) is 9.97 Å². The van der Waals surface area contributed by atoms with Gasteiger partial charge in [-0.1, -0.05) is 170 Å². The van der Waals surface area contributed by atoms with Crippen molar-refractivity contribution in [3.8, 4) is 39.3 Å². The first kappa shape index (κ1) is 36.5. The number of fused-ring (bicyclic) bond motifs is 6. The fourth-order valence-corrected chi connectivity index (χ4v) is 10.0. The standard InChI is InChI=1S/C59H40N4/c1-5-17-41(18-6-1)42-29-32-47(33-30-42)62(46-23-11-4-12-24-46)49-39-60-58(61-40-49)43-31-36-57-53(37-43)52-26-14-16-28-56(52)63(57)48-34-35-51-50-25-13-15-27-54(50)59(55(51)38-48,44-19-7-2-8-20-44)45-21-9-3-10-22-45/h1-40H. The highest BCUT2D eigenvalue weighted by Gasteiger charge is 2.46. The normalized spacial score (nSPS) is 12.6. The minimum atomic E-state index is -0.485. The van der Waals surface area contributed by atoms with Crippen molar-refractivity contribution in [1.29, 1.82) is 0 Å². The molecule has 296 valence electrons. The second-order valence-corrected chi connectivity index (χ2v) is 16.2. The van der Waals surface area contributed by atoms with Crippen molar-refractivity contribution in [2.75, 3.05) is 4.90 Å². The summed E-state index contributed by atoms with van der Waals surface area (Å²) in [7, 11) is 0. The summed E-state index contributed by atoms with van der Waals surface area (Å²) in [5.74, 6) is 0.677. The summed E-state index contributed by atoms with van der Waals surface area (Å²) in [5, 5.41) is 2.34. The molecule has 9 aromatic carbocycles. The number of hydrogen-bond acceptors (Lipinski definition) is 3. The number of benzene rings is 9. The minimum Gasteiger partial charge on any atom is -0.309 e. The van der Waals surface area contributed by atoms with E-state index in [-0.39, 0.29) is 0 Å². The van der Waals surface area contributed by atoms with Crippen LogP contribution in [-0.4, -0.2) is 14.5 Å². The van der Waals surface area contributed by atoms with Gasteiger partial charge in [-0.15, -0.1) is 0 Å². The first-order valence-corrected chi connectivity index (χ1v) is 21.5. The predicted octanol–water partition coefficient (Wildman–Crippen LogP) is 14.7. The van der Waals surface area contributed by atoms with Crippen LogP contribution in [0.5, 0.6) is 0 Å². The van der Waals surface area contributed by atoms with E-state index in [4.69, 9.17) is 9.97 Å². The van der Waals surface area contributed by atoms with Crippen molar-refractivity contribution in [1.82, 2.24) is 14.5 Å². The van der Waals surface area contributed by atoms with Crippen LogP contribution in [0.4, 0.5) is 17.1 Å². The third-order valence-electron chi connectivity index (χ3n) is 12.8. The van der Waals surface area contributed by atoms with Gasteiger partial charge < -0.3 is 9.47 Å². The highest BCUT2D eigenvalue weighted by atomic mass is 15.2. The van der Waals surface area contributed by atoms with Gasteiger partial charge in [0.2, 0.25) is 0 Å². The summed E-state index contributed by atoms with van der Waals surface area (Å²) in [6.07, 6.45) is 3.87. The van der Waals surface area contributed by atoms with Gasteiger partial charge in [0.1, 0.15) is 0 Å². The van der Waals surface area contributed by atoms with Crippen LogP contribution in [0.2, 0.25) is 0 Å². The number of hydrogen-bond donors (Lipinski definition) is 0. The largest absolute Gasteiger partial charge is 0.309 e. The summed E-state index contributed by atoms with van der Waals surface area (Å²) in [5.41, 5.74) is 16.8. The number of para-hydroxylation sites is 2. The van der Waals surface area contributed by atoms with Crippen LogP contribution >= 0.6 is 0 Å². The number of anilines is 3. The van der Waals surface area contributed by atoms with Gasteiger partial charge in [0, 0.05) is 33.4 Å². The fraction of sp³-hybridized carbons (Fsp3) is 0.0169. The zero-order valence-corrected chi connectivity index (χ0v) is 34.4. The summed E-state index contributed by atoms with van der Waals surface area (Å²) in [6.45, 7) is 0. The van der Waals surface area contributed by atoms with Crippen molar-refractivity contribution < 1.29 is 0 Å². The van der Waals surface area contributed by atoms with Gasteiger partial charge in [0.15, 0.2) is 5.82 Å². The van der Waals surface area contributed by atoms with E-state index < -0.39 is 5.41 Å². The molecule has 1 aliphatic carbocycles. The van der Waals surface area contributed by atoms with E-state index in [0.717, 1.165) is 44.7 Å². The van der Waals surface area contributed by atoms with E-state index in [9.17, 15) is 0 Å². The van der Waals surface area contributed by atoms with E-state index in [1.807, 2.05) is 24.5 Å². The molecule has 0 aliphatic heterocycles. The second kappa shape index (κ2) is 15.0. The van der Waals surface area contributed by atoms with Gasteiger partial charge in [-0.2, -0.15) is 0 Å². The minimum absolute atomic E-state index is 0.485. The van der Waals surface area contributed by atoms with Crippen molar-refractivity contribution in [2.24, 2.45) is 0 Å². The summed E-state index contributed by atoms with van der Waals surface area (Å²) in [4.78, 5) is 12.2. The molecular formula is C59H40N4. The maximum atomic E-state index is 5.01. The van der Waals surface area contributed by atoms with Gasteiger partial charge >= 0.3 is 0 Å². The molecule has 0 radical (unpaired) electrons. The Morgan fingerprint density at radius 1 is 0.365 bits per heavy atom. The molecule has 4 nitrogen and oxygen atoms in total. The molecule has 63 heavy (non-hydrogen) atoms. The van der Waals surface area contributed by atoms with Gasteiger partial charge in [-0.3, -0.25) is 0 Å². The van der Waals surface area contributed by atoms with E-state index in [1.54, 1.807) is 0 Å². The topological polar surface area (TPSA) is 34.0 Å². The first-order chi connectivity index (χ1) is 31.3. The Hall–Kier alpha value is -8.34. The maximum Gasteiger partial charge on any atom is 0.159 e. The van der Waals surface area contributed by atoms with E-state index in [1.165, 1.54) is 49.9 Å². The van der Waals surface area contributed by atoms with Crippen LogP contribution in [0.25, 0.3) is 61.1 Å². The molecule has 2 heterocycles. The lowest BCUT2D eigenvalue weighted by Gasteiger charge is -2.34. The van der Waals surface area contributed by atoms with Crippen LogP contribution in [0.15, 0.2) is 243 Å². The van der Waals surface area contributed by atoms with Crippen molar-refractivity contribution >= 4 is 38.9 Å². The molecule has 11 aromatic rings. The van der Waals surface area contributed by atoms with Gasteiger partial charge in [0.05, 0.1) is 34.5 Å². The SMILES string of the molecule is c1ccc(-c2ccc(N(c3ccccc3)c3cnc(-c4ccc5c(c4)c4ccccc4n5-c4ccc5c(c4)C(c4ccccc4)(c4ccccc4)c4ccccc4-5)nc3)cc2)cc1. The second-order valence-electron chi connectivity index (χ2n) is 16.2. The lowest BCUT2D eigenvalue weighted by atomic mass is 9.67. The van der Waals surface area contributed by atoms with Crippen LogP contribution in [0.3, 0.4) is 0 Å². The first-order valence-electron chi connectivity index (χ1n) is 21.5. The third kappa shape index (κ3) is 5.91. The molecule has 0 atom stereocenters. The fourth-order valence-electron chi connectivity index (χ4n) is 10.0. The molecule has 0 unspecified atom stereocenters. The Balaban J connectivity index is 0.961. The molecule has 4 heteroatoms. The molecule has 0 spiro atoms. The quantitative estimate of drug-likeness (QED) is 0.153. The Morgan fingerprint density at radius 2 is 0.905 bits per heavy atom. The summed E-state index contributed by atoms with van der Waals surface area (Å²) < 4.78 is 2.42. The zero-order valence-electron chi connectivity index (χ0n) is 34.4. The molecule has 1 aliphatic rings. The van der Waals surface area contributed by atoms with E-state index in [2.05, 4.69) is 228 Å². The predicted molar refractivity (Wildman–Crippen MR) is 259 cm³/mol. The molecule has 0 amide bonds. The molecule has 0 saturated carbocycles. The Labute approximate surface area is 366 Å². The monoisotopic (exact) mass is 804 g/mol. The maximum absolute atomic E-state index is 5.01. The zero-order chi connectivity index (χ0) is 41.7. The molecule has 0 N–H and O–H groups in total. The Bertz CT molecular complexity index is 3380. The summed E-state index contributed by atoms with van der Waals surface area (Å²) in [6, 6.07) is 82.9. The lowest BCUT2D eigenvalue weighted by molar-refractivity contribution is 0.767. The van der Waals surface area contributed by atoms with E-state index >= 15 is 0 Å². The van der Waals surface area contributed by atoms with Crippen LogP contribution in [0, 0.1) is 0 Å². The Morgan fingerprint density at radius 3 is 1.62 bits per heavy atom. The van der Waals surface area contributed by atoms with Gasteiger partial charge in [0.25, 0.3) is 0 Å². The highest BCUT2D eigenvalue weighted by Crippen LogP contribution is 2.56. The number of nitrogens with zero attached hydrogens (tertiary/aromatic N) is 4. The molecule has 0 bridgehead atoms. The van der Waals surface area contributed by atoms with E-state index in [0.29, 0.717) is 5.82 Å². The highest BCUT2D eigenvalue weighted by molar-refractivity contribution is 6.10. The molecule has 0 saturated heterocycles. The smallest absolute Gasteiger partial charge is 0.159 e. The molecular weight excluding hydrogens is 765 g/mol. The van der Waals surface area contributed by atoms with Crippen molar-refractivity contribution in [3.63, 3.8) is 0 Å². The number of aromatic nitrogens is 3. The van der Waals surface area contributed by atoms with Crippen LogP contribution < -0.4 is 4.90 Å².